The maximum absolute atomic E-state index is 13.2. The van der Waals surface area contributed by atoms with Crippen molar-refractivity contribution in [3.05, 3.63) is 106 Å². The van der Waals surface area contributed by atoms with Crippen molar-refractivity contribution in [2.75, 3.05) is 12.1 Å². The standard InChI is InChI=1S/C23H17N3O4/c1-30-20-13-7-16(8-14-20)15-21-22(17-5-3-2-4-6-17)24-25(23(21)27)18-9-11-19(12-10-18)26(28)29/h2-15H,1H3. The molecule has 0 bridgehead atoms. The molecular formula is C23H17N3O4. The summed E-state index contributed by atoms with van der Waals surface area (Å²) in [6.07, 6.45) is 1.78. The number of ether oxygens (including phenoxy) is 1. The van der Waals surface area contributed by atoms with Crippen LogP contribution in [-0.4, -0.2) is 23.7 Å². The van der Waals surface area contributed by atoms with E-state index in [0.717, 1.165) is 16.9 Å². The fourth-order valence-corrected chi connectivity index (χ4v) is 3.11. The minimum Gasteiger partial charge on any atom is -0.497 e. The van der Waals surface area contributed by atoms with Crippen LogP contribution in [0.4, 0.5) is 11.4 Å². The van der Waals surface area contributed by atoms with Crippen LogP contribution >= 0.6 is 0 Å². The van der Waals surface area contributed by atoms with Gasteiger partial charge in [-0.2, -0.15) is 10.1 Å². The van der Waals surface area contributed by atoms with E-state index < -0.39 is 4.92 Å². The molecule has 0 fully saturated rings. The lowest BCUT2D eigenvalue weighted by Gasteiger charge is -2.11. The first-order valence-corrected chi connectivity index (χ1v) is 9.16. The SMILES string of the molecule is COc1ccc(C=C2C(=O)N(c3ccc([N+](=O)[O-])cc3)N=C2c2ccccc2)cc1. The first kappa shape index (κ1) is 19.1. The smallest absolute Gasteiger partial charge is 0.281 e. The second-order valence-corrected chi connectivity index (χ2v) is 6.54. The van der Waals surface area contributed by atoms with Crippen LogP contribution in [0.1, 0.15) is 11.1 Å². The van der Waals surface area contributed by atoms with Gasteiger partial charge in [0.2, 0.25) is 0 Å². The van der Waals surface area contributed by atoms with Gasteiger partial charge in [0.25, 0.3) is 11.6 Å². The van der Waals surface area contributed by atoms with E-state index in [0.29, 0.717) is 17.0 Å². The van der Waals surface area contributed by atoms with Crippen LogP contribution in [-0.2, 0) is 4.79 Å². The van der Waals surface area contributed by atoms with E-state index in [9.17, 15) is 14.9 Å². The van der Waals surface area contributed by atoms with Crippen molar-refractivity contribution < 1.29 is 14.5 Å². The fourth-order valence-electron chi connectivity index (χ4n) is 3.11. The van der Waals surface area contributed by atoms with Gasteiger partial charge in [0.15, 0.2) is 0 Å². The quantitative estimate of drug-likeness (QED) is 0.361. The lowest BCUT2D eigenvalue weighted by Crippen LogP contribution is -2.21. The highest BCUT2D eigenvalue weighted by Gasteiger charge is 2.32. The van der Waals surface area contributed by atoms with Gasteiger partial charge in [0, 0.05) is 17.7 Å². The molecule has 7 nitrogen and oxygen atoms in total. The molecule has 0 spiro atoms. The van der Waals surface area contributed by atoms with Crippen LogP contribution in [0, 0.1) is 10.1 Å². The number of benzene rings is 3. The summed E-state index contributed by atoms with van der Waals surface area (Å²) in [5.41, 5.74) is 3.01. The largest absolute Gasteiger partial charge is 0.497 e. The first-order chi connectivity index (χ1) is 14.6. The number of methoxy groups -OCH3 is 1. The van der Waals surface area contributed by atoms with E-state index >= 15 is 0 Å². The van der Waals surface area contributed by atoms with Gasteiger partial charge in [0.05, 0.1) is 23.3 Å². The summed E-state index contributed by atoms with van der Waals surface area (Å²) < 4.78 is 5.18. The molecule has 3 aromatic rings. The van der Waals surface area contributed by atoms with E-state index in [-0.39, 0.29) is 11.6 Å². The van der Waals surface area contributed by atoms with Crippen LogP contribution in [0.3, 0.4) is 0 Å². The molecule has 0 radical (unpaired) electrons. The number of nitrogens with zero attached hydrogens (tertiary/aromatic N) is 3. The Labute approximate surface area is 172 Å². The van der Waals surface area contributed by atoms with E-state index in [1.165, 1.54) is 29.3 Å². The monoisotopic (exact) mass is 399 g/mol. The molecule has 4 rings (SSSR count). The van der Waals surface area contributed by atoms with Gasteiger partial charge in [-0.25, -0.2) is 0 Å². The molecule has 1 heterocycles. The summed E-state index contributed by atoms with van der Waals surface area (Å²) in [5.74, 6) is 0.415. The number of carbonyl (C=O) groups is 1. The van der Waals surface area contributed by atoms with Crippen molar-refractivity contribution in [2.24, 2.45) is 5.10 Å². The summed E-state index contributed by atoms with van der Waals surface area (Å²) in [4.78, 5) is 23.7. The average Bonchev–Trinajstić information content (AvgIpc) is 3.11. The molecular weight excluding hydrogens is 382 g/mol. The number of anilines is 1. The minimum absolute atomic E-state index is 0.0494. The first-order valence-electron chi connectivity index (χ1n) is 9.16. The highest BCUT2D eigenvalue weighted by molar-refractivity contribution is 6.37. The highest BCUT2D eigenvalue weighted by atomic mass is 16.6. The Morgan fingerprint density at radius 3 is 2.23 bits per heavy atom. The van der Waals surface area contributed by atoms with Gasteiger partial charge in [-0.05, 0) is 35.9 Å². The Kier molecular flexibility index (Phi) is 5.09. The number of nitro benzene ring substituents is 1. The third-order valence-corrected chi connectivity index (χ3v) is 4.66. The third-order valence-electron chi connectivity index (χ3n) is 4.66. The number of non-ortho nitro benzene ring substituents is 1. The molecule has 0 atom stereocenters. The van der Waals surface area contributed by atoms with Gasteiger partial charge in [-0.1, -0.05) is 42.5 Å². The predicted octanol–water partition coefficient (Wildman–Crippen LogP) is 4.44. The Morgan fingerprint density at radius 1 is 0.967 bits per heavy atom. The minimum atomic E-state index is -0.483. The van der Waals surface area contributed by atoms with E-state index in [1.807, 2.05) is 54.6 Å². The topological polar surface area (TPSA) is 85.0 Å². The molecule has 148 valence electrons. The van der Waals surface area contributed by atoms with Crippen molar-refractivity contribution in [3.63, 3.8) is 0 Å². The van der Waals surface area contributed by atoms with Gasteiger partial charge in [-0.3, -0.25) is 14.9 Å². The summed E-state index contributed by atoms with van der Waals surface area (Å²) in [5, 5.41) is 16.7. The summed E-state index contributed by atoms with van der Waals surface area (Å²) in [6.45, 7) is 0. The average molecular weight is 399 g/mol. The number of hydrogen-bond donors (Lipinski definition) is 0. The van der Waals surface area contributed by atoms with Crippen molar-refractivity contribution in [1.29, 1.82) is 0 Å². The molecule has 0 saturated carbocycles. The Hall–Kier alpha value is -4.26. The molecule has 7 heteroatoms. The Balaban J connectivity index is 1.76. The van der Waals surface area contributed by atoms with Crippen LogP contribution in [0.2, 0.25) is 0 Å². The Bertz CT molecular complexity index is 1150. The van der Waals surface area contributed by atoms with Crippen LogP contribution in [0.25, 0.3) is 6.08 Å². The summed E-state index contributed by atoms with van der Waals surface area (Å²) in [6, 6.07) is 22.5. The number of hydrazone groups is 1. The van der Waals surface area contributed by atoms with Gasteiger partial charge >= 0.3 is 0 Å². The van der Waals surface area contributed by atoms with E-state index in [2.05, 4.69) is 5.10 Å². The summed E-state index contributed by atoms with van der Waals surface area (Å²) >= 11 is 0. The molecule has 0 saturated heterocycles. The van der Waals surface area contributed by atoms with Crippen molar-refractivity contribution in [1.82, 2.24) is 0 Å². The number of amides is 1. The number of carbonyl (C=O) groups excluding carboxylic acids is 1. The van der Waals surface area contributed by atoms with E-state index in [1.54, 1.807) is 13.2 Å². The second-order valence-electron chi connectivity index (χ2n) is 6.54. The normalized spacial score (nSPS) is 14.7. The fraction of sp³-hybridized carbons (Fsp3) is 0.0435. The highest BCUT2D eigenvalue weighted by Crippen LogP contribution is 2.29. The zero-order valence-electron chi connectivity index (χ0n) is 16.1. The second kappa shape index (κ2) is 8.00. The molecule has 30 heavy (non-hydrogen) atoms. The molecule has 1 aliphatic rings. The van der Waals surface area contributed by atoms with Crippen LogP contribution < -0.4 is 9.75 Å². The molecule has 3 aromatic carbocycles. The number of rotatable bonds is 5. The van der Waals surface area contributed by atoms with E-state index in [4.69, 9.17) is 4.74 Å². The van der Waals surface area contributed by atoms with Crippen molar-refractivity contribution >= 4 is 29.1 Å². The molecule has 0 N–H and O–H groups in total. The molecule has 0 unspecified atom stereocenters. The zero-order valence-corrected chi connectivity index (χ0v) is 16.1. The van der Waals surface area contributed by atoms with Gasteiger partial charge < -0.3 is 4.74 Å². The lowest BCUT2D eigenvalue weighted by molar-refractivity contribution is -0.384. The third kappa shape index (κ3) is 3.68. The lowest BCUT2D eigenvalue weighted by atomic mass is 10.0. The zero-order chi connectivity index (χ0) is 21.1. The molecule has 1 amide bonds. The van der Waals surface area contributed by atoms with Crippen LogP contribution in [0.15, 0.2) is 89.5 Å². The maximum atomic E-state index is 13.2. The van der Waals surface area contributed by atoms with Gasteiger partial charge in [-0.15, -0.1) is 0 Å². The summed E-state index contributed by atoms with van der Waals surface area (Å²) in [7, 11) is 1.59. The Morgan fingerprint density at radius 2 is 1.63 bits per heavy atom. The molecule has 0 aromatic heterocycles. The molecule has 1 aliphatic heterocycles. The van der Waals surface area contributed by atoms with Crippen molar-refractivity contribution in [3.8, 4) is 5.75 Å². The maximum Gasteiger partial charge on any atom is 0.281 e. The van der Waals surface area contributed by atoms with Gasteiger partial charge in [0.1, 0.15) is 11.5 Å². The predicted molar refractivity (Wildman–Crippen MR) is 115 cm³/mol. The van der Waals surface area contributed by atoms with Crippen LogP contribution in [0.5, 0.6) is 5.75 Å². The van der Waals surface area contributed by atoms with Crippen molar-refractivity contribution in [2.45, 2.75) is 0 Å². The number of nitro groups is 1. The number of hydrogen-bond acceptors (Lipinski definition) is 5. The molecule has 0 aliphatic carbocycles.